The summed E-state index contributed by atoms with van der Waals surface area (Å²) in [6.07, 6.45) is 2.61. The molecule has 4 heteroatoms. The van der Waals surface area contributed by atoms with Crippen LogP contribution in [0.2, 0.25) is 6.04 Å². The number of benzene rings is 1. The van der Waals surface area contributed by atoms with Crippen molar-refractivity contribution in [2.45, 2.75) is 12.5 Å². The Labute approximate surface area is 104 Å². The van der Waals surface area contributed by atoms with Crippen LogP contribution in [-0.4, -0.2) is 29.6 Å². The van der Waals surface area contributed by atoms with Crippen LogP contribution in [0, 0.1) is 0 Å². The molecule has 0 aliphatic heterocycles. The van der Waals surface area contributed by atoms with Crippen molar-refractivity contribution < 1.29 is 13.3 Å². The summed E-state index contributed by atoms with van der Waals surface area (Å²) in [6, 6.07) is 11.0. The van der Waals surface area contributed by atoms with Crippen LogP contribution in [0.1, 0.15) is 5.56 Å². The topological polar surface area (TPSA) is 27.7 Å². The highest BCUT2D eigenvalue weighted by Crippen LogP contribution is 2.17. The van der Waals surface area contributed by atoms with Gasteiger partial charge in [-0.15, -0.1) is 6.58 Å². The first kappa shape index (κ1) is 14.1. The second-order valence-corrected chi connectivity index (χ2v) is 6.65. The molecule has 3 nitrogen and oxygen atoms in total. The molecular weight excluding hydrogens is 232 g/mol. The molecule has 0 saturated carbocycles. The van der Waals surface area contributed by atoms with Gasteiger partial charge in [0.05, 0.1) is 6.61 Å². The summed E-state index contributed by atoms with van der Waals surface area (Å²) >= 11 is 0. The van der Waals surface area contributed by atoms with E-state index >= 15 is 0 Å². The molecule has 1 aromatic carbocycles. The fraction of sp³-hybridized carbons (Fsp3) is 0.385. The summed E-state index contributed by atoms with van der Waals surface area (Å²) in [5.74, 6) is 0. The van der Waals surface area contributed by atoms with E-state index in [-0.39, 0.29) is 0 Å². The molecule has 1 rings (SSSR count). The molecule has 17 heavy (non-hydrogen) atoms. The van der Waals surface area contributed by atoms with E-state index in [2.05, 4.69) is 18.7 Å². The molecule has 0 N–H and O–H groups in total. The minimum absolute atomic E-state index is 0.461. The smallest absolute Gasteiger partial charge is 0.377 e. The van der Waals surface area contributed by atoms with Gasteiger partial charge in [0.15, 0.2) is 0 Å². The zero-order valence-electron chi connectivity index (χ0n) is 10.5. The first-order valence-corrected chi connectivity index (χ1v) is 7.58. The van der Waals surface area contributed by atoms with Crippen LogP contribution in [-0.2, 0) is 19.7 Å². The third-order valence-electron chi connectivity index (χ3n) is 2.61. The second-order valence-electron chi connectivity index (χ2n) is 3.68. The van der Waals surface area contributed by atoms with E-state index in [0.29, 0.717) is 6.61 Å². The zero-order valence-corrected chi connectivity index (χ0v) is 11.5. The Morgan fingerprint density at radius 2 is 1.82 bits per heavy atom. The molecule has 0 fully saturated rings. The molecule has 0 heterocycles. The van der Waals surface area contributed by atoms with Crippen LogP contribution in [0.15, 0.2) is 43.0 Å². The Morgan fingerprint density at radius 3 is 2.35 bits per heavy atom. The Balaban J connectivity index is 2.57. The van der Waals surface area contributed by atoms with Gasteiger partial charge in [0.2, 0.25) is 0 Å². The van der Waals surface area contributed by atoms with Crippen LogP contribution in [0.4, 0.5) is 0 Å². The van der Waals surface area contributed by atoms with Gasteiger partial charge in [-0.2, -0.15) is 0 Å². The maximum absolute atomic E-state index is 5.68. The summed E-state index contributed by atoms with van der Waals surface area (Å²) in [6.45, 7) is 4.10. The summed E-state index contributed by atoms with van der Waals surface area (Å²) in [5.41, 5.74) is 1.26. The fourth-order valence-corrected chi connectivity index (χ4v) is 3.53. The lowest BCUT2D eigenvalue weighted by molar-refractivity contribution is 0.110. The summed E-state index contributed by atoms with van der Waals surface area (Å²) < 4.78 is 16.6. The number of hydrogen-bond acceptors (Lipinski definition) is 3. The third-order valence-corrected chi connectivity index (χ3v) is 5.32. The second kappa shape index (κ2) is 7.40. The third kappa shape index (κ3) is 4.44. The molecule has 0 amide bonds. The van der Waals surface area contributed by atoms with Crippen LogP contribution < -0.4 is 0 Å². The normalized spacial score (nSPS) is 11.4. The quantitative estimate of drug-likeness (QED) is 0.526. The molecule has 0 radical (unpaired) electrons. The molecule has 1 aromatic rings. The minimum Gasteiger partial charge on any atom is -0.377 e. The summed E-state index contributed by atoms with van der Waals surface area (Å²) in [5, 5.41) is 0. The van der Waals surface area contributed by atoms with Gasteiger partial charge in [-0.25, -0.2) is 0 Å². The Morgan fingerprint density at radius 1 is 1.18 bits per heavy atom. The van der Waals surface area contributed by atoms with Crippen LogP contribution in [0.5, 0.6) is 0 Å². The Hall–Kier alpha value is -0.943. The number of rotatable bonds is 8. The molecular formula is C13H20O3Si. The monoisotopic (exact) mass is 252 g/mol. The molecule has 0 saturated heterocycles. The maximum Gasteiger partial charge on any atom is 0.501 e. The van der Waals surface area contributed by atoms with Crippen LogP contribution in [0.3, 0.4) is 0 Å². The van der Waals surface area contributed by atoms with Gasteiger partial charge in [-0.3, -0.25) is 0 Å². The lowest BCUT2D eigenvalue weighted by Gasteiger charge is -2.25. The van der Waals surface area contributed by atoms with Crippen LogP contribution >= 0.6 is 0 Å². The lowest BCUT2D eigenvalue weighted by atomic mass is 10.2. The van der Waals surface area contributed by atoms with E-state index in [1.54, 1.807) is 20.3 Å². The van der Waals surface area contributed by atoms with Gasteiger partial charge >= 0.3 is 8.80 Å². The van der Waals surface area contributed by atoms with Crippen LogP contribution in [0.25, 0.3) is 0 Å². The molecule has 0 atom stereocenters. The summed E-state index contributed by atoms with van der Waals surface area (Å²) in [4.78, 5) is 0. The number of hydrogen-bond donors (Lipinski definition) is 0. The van der Waals surface area contributed by atoms with Crippen molar-refractivity contribution in [3.63, 3.8) is 0 Å². The highest BCUT2D eigenvalue weighted by atomic mass is 28.4. The SMILES string of the molecule is C=CCO[Si](CCc1ccccc1)(OC)OC. The van der Waals surface area contributed by atoms with Gasteiger partial charge in [-0.05, 0) is 12.0 Å². The highest BCUT2D eigenvalue weighted by Gasteiger charge is 2.38. The number of aryl methyl sites for hydroxylation is 1. The van der Waals surface area contributed by atoms with Gasteiger partial charge in [-0.1, -0.05) is 36.4 Å². The molecule has 0 bridgehead atoms. The highest BCUT2D eigenvalue weighted by molar-refractivity contribution is 6.60. The standard InChI is InChI=1S/C13H20O3Si/c1-4-11-16-17(14-2,15-3)12-10-13-8-6-5-7-9-13/h4-9H,1,10-12H2,2-3H3. The Kier molecular flexibility index (Phi) is 6.14. The average molecular weight is 252 g/mol. The van der Waals surface area contributed by atoms with Crippen molar-refractivity contribution in [1.29, 1.82) is 0 Å². The molecule has 94 valence electrons. The van der Waals surface area contributed by atoms with Crippen molar-refractivity contribution in [3.05, 3.63) is 48.6 Å². The van der Waals surface area contributed by atoms with E-state index in [0.717, 1.165) is 12.5 Å². The molecule has 0 aliphatic carbocycles. The predicted octanol–water partition coefficient (Wildman–Crippen LogP) is 2.66. The Bertz CT molecular complexity index is 323. The summed E-state index contributed by atoms with van der Waals surface area (Å²) in [7, 11) is 0.767. The average Bonchev–Trinajstić information content (AvgIpc) is 2.41. The molecule has 0 aliphatic rings. The lowest BCUT2D eigenvalue weighted by Crippen LogP contribution is -2.44. The van der Waals surface area contributed by atoms with E-state index in [4.69, 9.17) is 13.3 Å². The zero-order chi connectivity index (χ0) is 12.6. The van der Waals surface area contributed by atoms with E-state index in [9.17, 15) is 0 Å². The molecule has 0 aromatic heterocycles. The van der Waals surface area contributed by atoms with Crippen molar-refractivity contribution in [2.24, 2.45) is 0 Å². The van der Waals surface area contributed by atoms with Crippen molar-refractivity contribution >= 4 is 8.80 Å². The van der Waals surface area contributed by atoms with E-state index in [1.165, 1.54) is 5.56 Å². The fourth-order valence-electron chi connectivity index (χ4n) is 1.61. The van der Waals surface area contributed by atoms with Crippen molar-refractivity contribution in [1.82, 2.24) is 0 Å². The van der Waals surface area contributed by atoms with E-state index in [1.807, 2.05) is 18.2 Å². The van der Waals surface area contributed by atoms with Gasteiger partial charge < -0.3 is 13.3 Å². The first-order valence-electron chi connectivity index (χ1n) is 5.65. The van der Waals surface area contributed by atoms with Gasteiger partial charge in [0.1, 0.15) is 0 Å². The molecule has 0 spiro atoms. The van der Waals surface area contributed by atoms with Crippen molar-refractivity contribution in [2.75, 3.05) is 20.8 Å². The predicted molar refractivity (Wildman–Crippen MR) is 70.9 cm³/mol. The van der Waals surface area contributed by atoms with E-state index < -0.39 is 8.80 Å². The maximum atomic E-state index is 5.68. The largest absolute Gasteiger partial charge is 0.501 e. The van der Waals surface area contributed by atoms with Crippen molar-refractivity contribution in [3.8, 4) is 0 Å². The first-order chi connectivity index (χ1) is 8.26. The van der Waals surface area contributed by atoms with Gasteiger partial charge in [0.25, 0.3) is 0 Å². The van der Waals surface area contributed by atoms with Gasteiger partial charge in [0, 0.05) is 20.3 Å². The minimum atomic E-state index is -2.52. The molecule has 0 unspecified atom stereocenters.